The summed E-state index contributed by atoms with van der Waals surface area (Å²) in [5.41, 5.74) is 2.13. The molecule has 24 heavy (non-hydrogen) atoms. The van der Waals surface area contributed by atoms with Crippen LogP contribution in [0.3, 0.4) is 0 Å². The third kappa shape index (κ3) is 2.60. The number of methoxy groups -OCH3 is 1. The van der Waals surface area contributed by atoms with E-state index in [2.05, 4.69) is 21.5 Å². The van der Waals surface area contributed by atoms with Crippen molar-refractivity contribution in [1.29, 1.82) is 0 Å². The molecule has 0 radical (unpaired) electrons. The fourth-order valence-electron chi connectivity index (χ4n) is 3.16. The summed E-state index contributed by atoms with van der Waals surface area (Å²) in [5.74, 6) is 1.29. The monoisotopic (exact) mass is 324 g/mol. The van der Waals surface area contributed by atoms with Gasteiger partial charge < -0.3 is 10.1 Å². The highest BCUT2D eigenvalue weighted by atomic mass is 19.1. The highest BCUT2D eigenvalue weighted by Gasteiger charge is 2.30. The molecule has 1 aliphatic rings. The first kappa shape index (κ1) is 14.7. The Morgan fingerprint density at radius 3 is 2.79 bits per heavy atom. The molecule has 0 spiro atoms. The highest BCUT2D eigenvalue weighted by molar-refractivity contribution is 5.39. The molecule has 122 valence electrons. The van der Waals surface area contributed by atoms with E-state index in [1.807, 2.05) is 35.0 Å². The SMILES string of the molecule is COc1cccc([C@H]2C[C@@H](c3ccc(F)cc3)Nc3ncnn32)c1. The van der Waals surface area contributed by atoms with Gasteiger partial charge in [0.1, 0.15) is 17.9 Å². The molecule has 0 saturated carbocycles. The molecule has 0 fully saturated rings. The van der Waals surface area contributed by atoms with Gasteiger partial charge in [-0.15, -0.1) is 0 Å². The molecular weight excluding hydrogens is 307 g/mol. The molecule has 2 aromatic carbocycles. The number of nitrogens with one attached hydrogen (secondary N) is 1. The molecule has 0 saturated heterocycles. The van der Waals surface area contributed by atoms with E-state index in [0.717, 1.165) is 23.3 Å². The summed E-state index contributed by atoms with van der Waals surface area (Å²) in [5, 5.41) is 7.73. The van der Waals surface area contributed by atoms with Crippen molar-refractivity contribution >= 4 is 5.95 Å². The molecule has 1 aliphatic heterocycles. The second kappa shape index (κ2) is 5.96. The molecule has 1 aromatic heterocycles. The van der Waals surface area contributed by atoms with Crippen molar-refractivity contribution in [3.8, 4) is 5.75 Å². The van der Waals surface area contributed by atoms with Crippen LogP contribution in [0, 0.1) is 5.82 Å². The molecule has 0 unspecified atom stereocenters. The molecule has 0 aliphatic carbocycles. The van der Waals surface area contributed by atoms with Gasteiger partial charge in [0, 0.05) is 0 Å². The Hall–Kier alpha value is -2.89. The third-order valence-electron chi connectivity index (χ3n) is 4.38. The number of nitrogens with zero attached hydrogens (tertiary/aromatic N) is 3. The average Bonchev–Trinajstić information content (AvgIpc) is 3.10. The molecule has 3 aromatic rings. The zero-order valence-electron chi connectivity index (χ0n) is 13.2. The molecule has 5 nitrogen and oxygen atoms in total. The number of ether oxygens (including phenoxy) is 1. The molecular formula is C18H17FN4O. The van der Waals surface area contributed by atoms with Crippen LogP contribution in [0.25, 0.3) is 0 Å². The largest absolute Gasteiger partial charge is 0.497 e. The van der Waals surface area contributed by atoms with Crippen LogP contribution in [-0.4, -0.2) is 21.9 Å². The number of anilines is 1. The van der Waals surface area contributed by atoms with Gasteiger partial charge in [-0.25, -0.2) is 9.07 Å². The van der Waals surface area contributed by atoms with E-state index in [4.69, 9.17) is 4.74 Å². The minimum atomic E-state index is -0.234. The van der Waals surface area contributed by atoms with Crippen LogP contribution in [0.4, 0.5) is 10.3 Å². The summed E-state index contributed by atoms with van der Waals surface area (Å²) in [6.45, 7) is 0. The molecule has 2 heterocycles. The fourth-order valence-corrected chi connectivity index (χ4v) is 3.16. The Bertz CT molecular complexity index is 846. The predicted molar refractivity (Wildman–Crippen MR) is 88.5 cm³/mol. The van der Waals surface area contributed by atoms with E-state index in [-0.39, 0.29) is 17.9 Å². The number of fused-ring (bicyclic) bond motifs is 1. The van der Waals surface area contributed by atoms with Gasteiger partial charge in [-0.2, -0.15) is 10.1 Å². The van der Waals surface area contributed by atoms with Crippen molar-refractivity contribution in [1.82, 2.24) is 14.8 Å². The maximum absolute atomic E-state index is 13.2. The van der Waals surface area contributed by atoms with Crippen molar-refractivity contribution in [2.75, 3.05) is 12.4 Å². The van der Waals surface area contributed by atoms with Crippen LogP contribution in [0.15, 0.2) is 54.9 Å². The van der Waals surface area contributed by atoms with E-state index in [1.165, 1.54) is 12.1 Å². The van der Waals surface area contributed by atoms with Crippen molar-refractivity contribution in [3.05, 3.63) is 71.8 Å². The first-order valence-electron chi connectivity index (χ1n) is 7.80. The topological polar surface area (TPSA) is 52.0 Å². The molecule has 1 N–H and O–H groups in total. The summed E-state index contributed by atoms with van der Waals surface area (Å²) in [7, 11) is 1.66. The van der Waals surface area contributed by atoms with Crippen molar-refractivity contribution in [3.63, 3.8) is 0 Å². The minimum Gasteiger partial charge on any atom is -0.497 e. The lowest BCUT2D eigenvalue weighted by atomic mass is 9.93. The van der Waals surface area contributed by atoms with Crippen LogP contribution in [-0.2, 0) is 0 Å². The number of hydrogen-bond acceptors (Lipinski definition) is 4. The van der Waals surface area contributed by atoms with Crippen LogP contribution in [0.1, 0.15) is 29.6 Å². The summed E-state index contributed by atoms with van der Waals surface area (Å²) in [6.07, 6.45) is 2.33. The first-order chi connectivity index (χ1) is 11.7. The minimum absolute atomic E-state index is 0.0360. The van der Waals surface area contributed by atoms with Crippen molar-refractivity contribution in [2.45, 2.75) is 18.5 Å². The lowest BCUT2D eigenvalue weighted by molar-refractivity contribution is 0.406. The van der Waals surface area contributed by atoms with Gasteiger partial charge in [-0.1, -0.05) is 24.3 Å². The number of aromatic nitrogens is 3. The van der Waals surface area contributed by atoms with Crippen molar-refractivity contribution in [2.24, 2.45) is 0 Å². The molecule has 2 atom stereocenters. The lowest BCUT2D eigenvalue weighted by Gasteiger charge is -2.32. The zero-order chi connectivity index (χ0) is 16.5. The highest BCUT2D eigenvalue weighted by Crippen LogP contribution is 2.37. The molecule has 0 amide bonds. The standard InChI is InChI=1S/C18H17FN4O/c1-24-15-4-2-3-13(9-15)17-10-16(12-5-7-14(19)8-6-12)22-18-20-11-21-23(17)18/h2-9,11,16-17H,10H2,1H3,(H,20,21,22)/t16-,17+/m0/s1. The summed E-state index contributed by atoms with van der Waals surface area (Å²) in [4.78, 5) is 4.30. The quantitative estimate of drug-likeness (QED) is 0.800. The zero-order valence-corrected chi connectivity index (χ0v) is 13.2. The van der Waals surface area contributed by atoms with Gasteiger partial charge in [0.2, 0.25) is 5.95 Å². The average molecular weight is 324 g/mol. The Kier molecular flexibility index (Phi) is 3.65. The van der Waals surface area contributed by atoms with Crippen LogP contribution in [0.2, 0.25) is 0 Å². The lowest BCUT2D eigenvalue weighted by Crippen LogP contribution is -2.28. The van der Waals surface area contributed by atoms with Crippen LogP contribution in [0.5, 0.6) is 5.75 Å². The second-order valence-corrected chi connectivity index (χ2v) is 5.80. The van der Waals surface area contributed by atoms with E-state index >= 15 is 0 Å². The van der Waals surface area contributed by atoms with E-state index in [1.54, 1.807) is 13.4 Å². The van der Waals surface area contributed by atoms with Gasteiger partial charge in [0.15, 0.2) is 0 Å². The third-order valence-corrected chi connectivity index (χ3v) is 4.38. The normalized spacial score (nSPS) is 19.4. The Balaban J connectivity index is 1.72. The molecule has 4 rings (SSSR count). The first-order valence-corrected chi connectivity index (χ1v) is 7.80. The van der Waals surface area contributed by atoms with Gasteiger partial charge in [0.25, 0.3) is 0 Å². The number of halogens is 1. The Morgan fingerprint density at radius 1 is 1.17 bits per heavy atom. The van der Waals surface area contributed by atoms with Crippen molar-refractivity contribution < 1.29 is 9.13 Å². The Labute approximate surface area is 139 Å². The summed E-state index contributed by atoms with van der Waals surface area (Å²) in [6, 6.07) is 14.6. The number of benzene rings is 2. The van der Waals surface area contributed by atoms with Gasteiger partial charge in [-0.05, 0) is 41.8 Å². The maximum Gasteiger partial charge on any atom is 0.222 e. The van der Waals surface area contributed by atoms with E-state index in [0.29, 0.717) is 5.95 Å². The number of rotatable bonds is 3. The molecule has 0 bridgehead atoms. The predicted octanol–water partition coefficient (Wildman–Crippen LogP) is 3.57. The summed E-state index contributed by atoms with van der Waals surface area (Å²) < 4.78 is 20.4. The number of hydrogen-bond donors (Lipinski definition) is 1. The smallest absolute Gasteiger partial charge is 0.222 e. The fraction of sp³-hybridized carbons (Fsp3) is 0.222. The van der Waals surface area contributed by atoms with E-state index in [9.17, 15) is 4.39 Å². The van der Waals surface area contributed by atoms with Gasteiger partial charge in [0.05, 0.1) is 19.2 Å². The van der Waals surface area contributed by atoms with Gasteiger partial charge >= 0.3 is 0 Å². The van der Waals surface area contributed by atoms with Gasteiger partial charge in [-0.3, -0.25) is 0 Å². The Morgan fingerprint density at radius 2 is 2.00 bits per heavy atom. The molecule has 6 heteroatoms. The maximum atomic E-state index is 13.2. The summed E-state index contributed by atoms with van der Waals surface area (Å²) >= 11 is 0. The van der Waals surface area contributed by atoms with E-state index < -0.39 is 0 Å². The second-order valence-electron chi connectivity index (χ2n) is 5.80. The van der Waals surface area contributed by atoms with Crippen LogP contribution < -0.4 is 10.1 Å². The van der Waals surface area contributed by atoms with Crippen LogP contribution >= 0.6 is 0 Å².